The van der Waals surface area contributed by atoms with Crippen molar-refractivity contribution >= 4 is 26.6 Å². The number of carbonyl (C=O) groups excluding carboxylic acids is 1. The molecule has 1 heterocycles. The van der Waals surface area contributed by atoms with Crippen LogP contribution in [0.15, 0.2) is 53.4 Å². The van der Waals surface area contributed by atoms with Gasteiger partial charge in [0.25, 0.3) is 0 Å². The highest BCUT2D eigenvalue weighted by molar-refractivity contribution is 7.89. The number of hydrogen-bond acceptors (Lipinski definition) is 3. The first-order chi connectivity index (χ1) is 11.8. The molecule has 1 aromatic heterocycles. The van der Waals surface area contributed by atoms with Crippen LogP contribution in [0.3, 0.4) is 0 Å². The monoisotopic (exact) mass is 356 g/mol. The smallest absolute Gasteiger partial charge is 0.243 e. The molecule has 25 heavy (non-hydrogen) atoms. The summed E-state index contributed by atoms with van der Waals surface area (Å²) in [4.78, 5) is 15.7. The molecule has 0 fully saturated rings. The average molecular weight is 356 g/mol. The molecule has 0 aliphatic rings. The van der Waals surface area contributed by atoms with Crippen LogP contribution >= 0.6 is 0 Å². The van der Waals surface area contributed by atoms with Crippen molar-refractivity contribution in [3.8, 4) is 0 Å². The molecular weight excluding hydrogens is 336 g/mol. The number of Topliss-reactive ketones (excluding diaryl/α,β-unsaturated/α-hetero) is 1. The number of sulfonamides is 1. The zero-order valence-electron chi connectivity index (χ0n) is 14.4. The number of nitrogens with zero attached hydrogens (tertiary/aromatic N) is 1. The number of aromatic amines is 1. The van der Waals surface area contributed by atoms with Gasteiger partial charge >= 0.3 is 0 Å². The zero-order chi connectivity index (χ0) is 18.2. The van der Waals surface area contributed by atoms with Crippen molar-refractivity contribution in [3.63, 3.8) is 0 Å². The van der Waals surface area contributed by atoms with Crippen LogP contribution in [0, 0.1) is 13.8 Å². The highest BCUT2D eigenvalue weighted by atomic mass is 32.2. The molecule has 0 saturated heterocycles. The first-order valence-corrected chi connectivity index (χ1v) is 9.37. The summed E-state index contributed by atoms with van der Waals surface area (Å²) >= 11 is 0. The lowest BCUT2D eigenvalue weighted by Crippen LogP contribution is -2.32. The lowest BCUT2D eigenvalue weighted by atomic mass is 10.1. The highest BCUT2D eigenvalue weighted by Gasteiger charge is 2.24. The third kappa shape index (κ3) is 3.36. The van der Waals surface area contributed by atoms with E-state index in [0.717, 1.165) is 26.5 Å². The van der Waals surface area contributed by atoms with E-state index >= 15 is 0 Å². The maximum Gasteiger partial charge on any atom is 0.243 e. The molecule has 0 unspecified atom stereocenters. The Labute approximate surface area is 147 Å². The Kier molecular flexibility index (Phi) is 4.49. The second-order valence-electron chi connectivity index (χ2n) is 6.18. The highest BCUT2D eigenvalue weighted by Crippen LogP contribution is 2.21. The number of aryl methyl sites for hydroxylation is 2. The molecule has 0 spiro atoms. The molecule has 0 aliphatic carbocycles. The van der Waals surface area contributed by atoms with Crippen molar-refractivity contribution in [2.75, 3.05) is 13.6 Å². The standard InChI is InChI=1S/C19H20N2O3S/c1-13-10-18(14(2)20-13)19(22)12-21(3)25(23,24)17-9-8-15-6-4-5-7-16(15)11-17/h4-11,20H,12H2,1-3H3. The molecule has 130 valence electrons. The van der Waals surface area contributed by atoms with Gasteiger partial charge in [-0.3, -0.25) is 4.79 Å². The Morgan fingerprint density at radius 2 is 1.72 bits per heavy atom. The number of ketones is 1. The maximum absolute atomic E-state index is 12.8. The molecule has 3 aromatic rings. The van der Waals surface area contributed by atoms with Crippen molar-refractivity contribution in [3.05, 3.63) is 65.5 Å². The number of aromatic nitrogens is 1. The molecule has 0 amide bonds. The Hall–Kier alpha value is -2.44. The van der Waals surface area contributed by atoms with Crippen LogP contribution in [0.5, 0.6) is 0 Å². The van der Waals surface area contributed by atoms with Crippen molar-refractivity contribution in [2.45, 2.75) is 18.7 Å². The van der Waals surface area contributed by atoms with Gasteiger partial charge in [0.05, 0.1) is 11.4 Å². The fraction of sp³-hybridized carbons (Fsp3) is 0.211. The van der Waals surface area contributed by atoms with Gasteiger partial charge in [-0.2, -0.15) is 4.31 Å². The third-order valence-corrected chi connectivity index (χ3v) is 6.04. The Morgan fingerprint density at radius 1 is 1.04 bits per heavy atom. The van der Waals surface area contributed by atoms with Crippen LogP contribution in [0.2, 0.25) is 0 Å². The predicted octanol–water partition coefficient (Wildman–Crippen LogP) is 3.29. The van der Waals surface area contributed by atoms with Gasteiger partial charge in [-0.25, -0.2) is 8.42 Å². The van der Waals surface area contributed by atoms with Gasteiger partial charge in [0.1, 0.15) is 0 Å². The van der Waals surface area contributed by atoms with E-state index < -0.39 is 10.0 Å². The first kappa shape index (κ1) is 17.4. The number of H-pyrrole nitrogens is 1. The summed E-state index contributed by atoms with van der Waals surface area (Å²) < 4.78 is 26.7. The molecule has 0 saturated carbocycles. The van der Waals surface area contributed by atoms with Gasteiger partial charge in [0.2, 0.25) is 10.0 Å². The van der Waals surface area contributed by atoms with Crippen molar-refractivity contribution in [1.29, 1.82) is 0 Å². The number of rotatable bonds is 5. The van der Waals surface area contributed by atoms with Crippen molar-refractivity contribution in [1.82, 2.24) is 9.29 Å². The average Bonchev–Trinajstić information content (AvgIpc) is 2.92. The fourth-order valence-electron chi connectivity index (χ4n) is 2.89. The van der Waals surface area contributed by atoms with E-state index in [0.29, 0.717) is 5.56 Å². The van der Waals surface area contributed by atoms with Gasteiger partial charge in [-0.1, -0.05) is 30.3 Å². The summed E-state index contributed by atoms with van der Waals surface area (Å²) in [6.07, 6.45) is 0. The summed E-state index contributed by atoms with van der Waals surface area (Å²) in [6.45, 7) is 3.46. The topological polar surface area (TPSA) is 70.2 Å². The quantitative estimate of drug-likeness (QED) is 0.713. The van der Waals surface area contributed by atoms with Crippen LogP contribution in [-0.4, -0.2) is 37.1 Å². The Balaban J connectivity index is 1.87. The molecule has 0 aliphatic heterocycles. The second kappa shape index (κ2) is 6.46. The van der Waals surface area contributed by atoms with E-state index in [-0.39, 0.29) is 17.2 Å². The molecule has 0 radical (unpaired) electrons. The summed E-state index contributed by atoms with van der Waals surface area (Å²) in [5.74, 6) is -0.228. The molecule has 2 aromatic carbocycles. The summed E-state index contributed by atoms with van der Waals surface area (Å²) in [7, 11) is -2.31. The lowest BCUT2D eigenvalue weighted by molar-refractivity contribution is 0.0972. The minimum Gasteiger partial charge on any atom is -0.362 e. The number of hydrogen-bond donors (Lipinski definition) is 1. The van der Waals surface area contributed by atoms with Gasteiger partial charge in [0, 0.05) is 24.0 Å². The van der Waals surface area contributed by atoms with Crippen molar-refractivity contribution < 1.29 is 13.2 Å². The minimum absolute atomic E-state index is 0.184. The lowest BCUT2D eigenvalue weighted by Gasteiger charge is -2.17. The summed E-state index contributed by atoms with van der Waals surface area (Å²) in [5.41, 5.74) is 2.15. The number of carbonyl (C=O) groups is 1. The van der Waals surface area contributed by atoms with Crippen LogP contribution in [0.1, 0.15) is 21.7 Å². The number of benzene rings is 2. The molecule has 5 nitrogen and oxygen atoms in total. The molecule has 0 bridgehead atoms. The molecule has 6 heteroatoms. The Bertz CT molecular complexity index is 1050. The second-order valence-corrected chi connectivity index (χ2v) is 8.23. The van der Waals surface area contributed by atoms with Crippen LogP contribution in [-0.2, 0) is 10.0 Å². The normalized spacial score (nSPS) is 12.0. The third-order valence-electron chi connectivity index (χ3n) is 4.25. The number of fused-ring (bicyclic) bond motifs is 1. The van der Waals surface area contributed by atoms with E-state index in [1.807, 2.05) is 31.2 Å². The number of likely N-dealkylation sites (N-methyl/N-ethyl adjacent to an activating group) is 1. The molecule has 0 atom stereocenters. The van der Waals surface area contributed by atoms with Gasteiger partial charge < -0.3 is 4.98 Å². The van der Waals surface area contributed by atoms with Crippen LogP contribution in [0.4, 0.5) is 0 Å². The SMILES string of the molecule is Cc1cc(C(=O)CN(C)S(=O)(=O)c2ccc3ccccc3c2)c(C)[nH]1. The summed E-state index contributed by atoms with van der Waals surface area (Å²) in [6, 6.07) is 14.3. The molecular formula is C19H20N2O3S. The maximum atomic E-state index is 12.8. The fourth-order valence-corrected chi connectivity index (χ4v) is 4.06. The predicted molar refractivity (Wildman–Crippen MR) is 98.4 cm³/mol. The van der Waals surface area contributed by atoms with E-state index in [2.05, 4.69) is 4.98 Å². The molecule has 3 rings (SSSR count). The van der Waals surface area contributed by atoms with E-state index in [4.69, 9.17) is 0 Å². The first-order valence-electron chi connectivity index (χ1n) is 7.93. The number of nitrogens with one attached hydrogen (secondary N) is 1. The van der Waals surface area contributed by atoms with Crippen LogP contribution < -0.4 is 0 Å². The largest absolute Gasteiger partial charge is 0.362 e. The van der Waals surface area contributed by atoms with Gasteiger partial charge in [0.15, 0.2) is 5.78 Å². The Morgan fingerprint density at radius 3 is 2.36 bits per heavy atom. The minimum atomic E-state index is -3.74. The van der Waals surface area contributed by atoms with Gasteiger partial charge in [-0.05, 0) is 42.8 Å². The van der Waals surface area contributed by atoms with Crippen LogP contribution in [0.25, 0.3) is 10.8 Å². The summed E-state index contributed by atoms with van der Waals surface area (Å²) in [5, 5.41) is 1.82. The zero-order valence-corrected chi connectivity index (χ0v) is 15.2. The van der Waals surface area contributed by atoms with Crippen molar-refractivity contribution in [2.24, 2.45) is 0 Å². The van der Waals surface area contributed by atoms with E-state index in [1.165, 1.54) is 7.05 Å². The molecule has 1 N–H and O–H groups in total. The van der Waals surface area contributed by atoms with Gasteiger partial charge in [-0.15, -0.1) is 0 Å². The van der Waals surface area contributed by atoms with E-state index in [1.54, 1.807) is 31.2 Å². The van der Waals surface area contributed by atoms with E-state index in [9.17, 15) is 13.2 Å².